The number of rotatable bonds is 2. The van der Waals surface area contributed by atoms with E-state index < -0.39 is 11.7 Å². The van der Waals surface area contributed by atoms with Gasteiger partial charge in [-0.25, -0.2) is 0 Å². The second-order valence-corrected chi connectivity index (χ2v) is 5.72. The third-order valence-corrected chi connectivity index (χ3v) is 4.08. The van der Waals surface area contributed by atoms with Crippen LogP contribution < -0.4 is 5.73 Å². The number of benzene rings is 2. The van der Waals surface area contributed by atoms with Gasteiger partial charge in [-0.15, -0.1) is 0 Å². The van der Waals surface area contributed by atoms with Crippen LogP contribution in [0.1, 0.15) is 16.7 Å². The van der Waals surface area contributed by atoms with E-state index in [2.05, 4.69) is 0 Å². The summed E-state index contributed by atoms with van der Waals surface area (Å²) in [6, 6.07) is 9.49. The summed E-state index contributed by atoms with van der Waals surface area (Å²) < 4.78 is 39.0. The van der Waals surface area contributed by atoms with Gasteiger partial charge in [0.1, 0.15) is 0 Å². The monoisotopic (exact) mass is 297 g/mol. The highest BCUT2D eigenvalue weighted by Gasteiger charge is 2.33. The molecule has 0 saturated heterocycles. The zero-order chi connectivity index (χ0) is 14.9. The predicted molar refractivity (Wildman–Crippen MR) is 75.9 cm³/mol. The Bertz CT molecular complexity index is 636. The quantitative estimate of drug-likeness (QED) is 0.784. The smallest absolute Gasteiger partial charge is 0.399 e. The lowest BCUT2D eigenvalue weighted by Gasteiger charge is -2.13. The largest absolute Gasteiger partial charge is 0.417 e. The molecule has 0 heterocycles. The van der Waals surface area contributed by atoms with Crippen LogP contribution in [0.4, 0.5) is 18.9 Å². The summed E-state index contributed by atoms with van der Waals surface area (Å²) >= 11 is 1.10. The number of alkyl halides is 3. The Labute approximate surface area is 120 Å². The lowest BCUT2D eigenvalue weighted by molar-refractivity contribution is -0.139. The Balaban J connectivity index is 2.40. The van der Waals surface area contributed by atoms with Gasteiger partial charge in [-0.3, -0.25) is 0 Å². The third kappa shape index (κ3) is 3.28. The molecule has 0 saturated carbocycles. The lowest BCUT2D eigenvalue weighted by atomic mass is 10.1. The number of halogens is 3. The Kier molecular flexibility index (Phi) is 3.99. The minimum absolute atomic E-state index is 0.113. The summed E-state index contributed by atoms with van der Waals surface area (Å²) in [6.07, 6.45) is -4.41. The summed E-state index contributed by atoms with van der Waals surface area (Å²) in [5, 5.41) is 0. The van der Waals surface area contributed by atoms with Crippen molar-refractivity contribution in [2.75, 3.05) is 5.73 Å². The van der Waals surface area contributed by atoms with Crippen molar-refractivity contribution in [3.05, 3.63) is 53.1 Å². The molecule has 0 unspecified atom stereocenters. The number of hydrogen-bond donors (Lipinski definition) is 1. The van der Waals surface area contributed by atoms with Crippen LogP contribution in [-0.2, 0) is 6.18 Å². The maximum atomic E-state index is 13.0. The molecule has 0 aliphatic rings. The molecule has 0 aliphatic heterocycles. The van der Waals surface area contributed by atoms with Gasteiger partial charge in [0.15, 0.2) is 0 Å². The molecule has 0 radical (unpaired) electrons. The highest BCUT2D eigenvalue weighted by atomic mass is 32.2. The second-order valence-electron chi connectivity index (χ2n) is 4.60. The average molecular weight is 297 g/mol. The molecule has 2 aromatic carbocycles. The maximum Gasteiger partial charge on any atom is 0.417 e. The topological polar surface area (TPSA) is 26.0 Å². The van der Waals surface area contributed by atoms with Crippen molar-refractivity contribution in [3.63, 3.8) is 0 Å². The van der Waals surface area contributed by atoms with Crippen molar-refractivity contribution in [1.29, 1.82) is 0 Å². The first-order valence-electron chi connectivity index (χ1n) is 5.99. The molecular formula is C15H14F3NS. The van der Waals surface area contributed by atoms with E-state index in [1.54, 1.807) is 0 Å². The van der Waals surface area contributed by atoms with Crippen molar-refractivity contribution in [2.24, 2.45) is 0 Å². The number of anilines is 1. The fourth-order valence-corrected chi connectivity index (χ4v) is 2.81. The fourth-order valence-electron chi connectivity index (χ4n) is 1.76. The molecule has 106 valence electrons. The zero-order valence-corrected chi connectivity index (χ0v) is 11.9. The number of nitrogen functional groups attached to an aromatic ring is 1. The van der Waals surface area contributed by atoms with Crippen molar-refractivity contribution >= 4 is 17.4 Å². The minimum atomic E-state index is -4.41. The van der Waals surface area contributed by atoms with E-state index in [1.165, 1.54) is 12.1 Å². The van der Waals surface area contributed by atoms with E-state index in [4.69, 9.17) is 5.73 Å². The highest BCUT2D eigenvalue weighted by Crippen LogP contribution is 2.40. The maximum absolute atomic E-state index is 13.0. The normalized spacial score (nSPS) is 11.7. The molecule has 0 aliphatic carbocycles. The van der Waals surface area contributed by atoms with Crippen LogP contribution in [0, 0.1) is 13.8 Å². The van der Waals surface area contributed by atoms with E-state index in [9.17, 15) is 13.2 Å². The predicted octanol–water partition coefficient (Wildman–Crippen LogP) is 5.06. The summed E-state index contributed by atoms with van der Waals surface area (Å²) in [6.45, 7) is 3.90. The van der Waals surface area contributed by atoms with Gasteiger partial charge in [0.2, 0.25) is 0 Å². The van der Waals surface area contributed by atoms with Crippen molar-refractivity contribution in [1.82, 2.24) is 0 Å². The molecule has 5 heteroatoms. The van der Waals surface area contributed by atoms with E-state index in [1.807, 2.05) is 32.0 Å². The van der Waals surface area contributed by atoms with Crippen LogP contribution >= 0.6 is 11.8 Å². The number of aryl methyl sites for hydroxylation is 2. The number of hydrogen-bond acceptors (Lipinski definition) is 2. The molecule has 0 aromatic heterocycles. The molecule has 0 bridgehead atoms. The van der Waals surface area contributed by atoms with Gasteiger partial charge in [-0.2, -0.15) is 13.2 Å². The first kappa shape index (κ1) is 14.8. The molecule has 2 rings (SSSR count). The Morgan fingerprint density at radius 3 is 2.25 bits per heavy atom. The van der Waals surface area contributed by atoms with Gasteiger partial charge < -0.3 is 5.73 Å². The van der Waals surface area contributed by atoms with Crippen LogP contribution in [0.2, 0.25) is 0 Å². The van der Waals surface area contributed by atoms with E-state index in [0.29, 0.717) is 0 Å². The fraction of sp³-hybridized carbons (Fsp3) is 0.200. The molecule has 20 heavy (non-hydrogen) atoms. The highest BCUT2D eigenvalue weighted by molar-refractivity contribution is 7.99. The second kappa shape index (κ2) is 5.40. The molecule has 1 nitrogen and oxygen atoms in total. The van der Waals surface area contributed by atoms with Gasteiger partial charge in [0.05, 0.1) is 5.56 Å². The van der Waals surface area contributed by atoms with E-state index >= 15 is 0 Å². The minimum Gasteiger partial charge on any atom is -0.399 e. The molecule has 0 fully saturated rings. The van der Waals surface area contributed by atoms with Crippen molar-refractivity contribution in [2.45, 2.75) is 29.8 Å². The number of nitrogens with two attached hydrogens (primary N) is 1. The van der Waals surface area contributed by atoms with Crippen LogP contribution in [0.3, 0.4) is 0 Å². The molecule has 2 N–H and O–H groups in total. The lowest BCUT2D eigenvalue weighted by Crippen LogP contribution is -2.07. The first-order valence-corrected chi connectivity index (χ1v) is 6.81. The SMILES string of the molecule is Cc1ccc(Sc2ccc(N)cc2C(F)(F)F)cc1C. The molecule has 0 spiro atoms. The van der Waals surface area contributed by atoms with Gasteiger partial charge in [0.25, 0.3) is 0 Å². The zero-order valence-electron chi connectivity index (χ0n) is 11.1. The molecule has 2 aromatic rings. The summed E-state index contributed by atoms with van der Waals surface area (Å²) in [7, 11) is 0. The Morgan fingerprint density at radius 2 is 1.65 bits per heavy atom. The van der Waals surface area contributed by atoms with Crippen molar-refractivity contribution in [3.8, 4) is 0 Å². The van der Waals surface area contributed by atoms with Crippen molar-refractivity contribution < 1.29 is 13.2 Å². The summed E-state index contributed by atoms with van der Waals surface area (Å²) in [5.41, 5.74) is 7.04. The van der Waals surface area contributed by atoms with Gasteiger partial charge in [-0.05, 0) is 55.3 Å². The van der Waals surface area contributed by atoms with Gasteiger partial charge >= 0.3 is 6.18 Å². The van der Waals surface area contributed by atoms with Crippen LogP contribution in [0.25, 0.3) is 0 Å². The summed E-state index contributed by atoms with van der Waals surface area (Å²) in [4.78, 5) is 0.943. The third-order valence-electron chi connectivity index (χ3n) is 3.02. The first-order chi connectivity index (χ1) is 9.27. The van der Waals surface area contributed by atoms with E-state index in [-0.39, 0.29) is 10.6 Å². The summed E-state index contributed by atoms with van der Waals surface area (Å²) in [5.74, 6) is 0. The van der Waals surface area contributed by atoms with Gasteiger partial charge in [-0.1, -0.05) is 17.8 Å². The Hall–Kier alpha value is -1.62. The molecular weight excluding hydrogens is 283 g/mol. The van der Waals surface area contributed by atoms with E-state index in [0.717, 1.165) is 33.9 Å². The van der Waals surface area contributed by atoms with Crippen LogP contribution in [-0.4, -0.2) is 0 Å². The molecule has 0 atom stereocenters. The average Bonchev–Trinajstić information content (AvgIpc) is 2.35. The van der Waals surface area contributed by atoms with Crippen LogP contribution in [0.5, 0.6) is 0 Å². The standard InChI is InChI=1S/C15H14F3NS/c1-9-3-5-12(7-10(9)2)20-14-6-4-11(19)8-13(14)15(16,17)18/h3-8H,19H2,1-2H3. The Morgan fingerprint density at radius 1 is 0.950 bits per heavy atom. The van der Waals surface area contributed by atoms with Crippen LogP contribution in [0.15, 0.2) is 46.2 Å². The molecule has 0 amide bonds. The van der Waals surface area contributed by atoms with Gasteiger partial charge in [0, 0.05) is 15.5 Å².